The number of nitrogens with zero attached hydrogens (tertiary/aromatic N) is 4. The molecular weight excluding hydrogens is 352 g/mol. The summed E-state index contributed by atoms with van der Waals surface area (Å²) in [5.41, 5.74) is 8.79. The van der Waals surface area contributed by atoms with Crippen LogP contribution in [0.4, 0.5) is 5.95 Å². The summed E-state index contributed by atoms with van der Waals surface area (Å²) in [5, 5.41) is 17.0. The third-order valence-electron chi connectivity index (χ3n) is 4.71. The van der Waals surface area contributed by atoms with Crippen molar-refractivity contribution >= 4 is 23.3 Å². The van der Waals surface area contributed by atoms with E-state index in [0.717, 1.165) is 17.7 Å². The third kappa shape index (κ3) is 2.47. The molecule has 130 valence electrons. The maximum Gasteiger partial charge on any atom is 0.231 e. The Morgan fingerprint density at radius 3 is 2.92 bits per heavy atom. The quantitative estimate of drug-likeness (QED) is 0.845. The molecule has 0 spiro atoms. The van der Waals surface area contributed by atoms with E-state index >= 15 is 0 Å². The average Bonchev–Trinajstić information content (AvgIpc) is 3.15. The molecule has 1 aliphatic carbocycles. The van der Waals surface area contributed by atoms with Crippen molar-refractivity contribution in [3.05, 3.63) is 63.8 Å². The molecule has 0 saturated heterocycles. The van der Waals surface area contributed by atoms with Crippen molar-refractivity contribution in [2.45, 2.75) is 25.2 Å². The van der Waals surface area contributed by atoms with Crippen LogP contribution in [0, 0.1) is 11.3 Å². The second kappa shape index (κ2) is 6.32. The zero-order chi connectivity index (χ0) is 18.3. The number of halogens is 1. The van der Waals surface area contributed by atoms with Gasteiger partial charge in [0.15, 0.2) is 5.78 Å². The van der Waals surface area contributed by atoms with Gasteiger partial charge < -0.3 is 5.73 Å². The van der Waals surface area contributed by atoms with Gasteiger partial charge in [0.1, 0.15) is 12.1 Å². The van der Waals surface area contributed by atoms with Gasteiger partial charge in [-0.3, -0.25) is 9.69 Å². The van der Waals surface area contributed by atoms with Crippen LogP contribution in [-0.2, 0) is 4.79 Å². The molecular formula is C18H15ClN6O. The smallest absolute Gasteiger partial charge is 0.231 e. The summed E-state index contributed by atoms with van der Waals surface area (Å²) in [7, 11) is 0. The summed E-state index contributed by atoms with van der Waals surface area (Å²) >= 11 is 6.15. The number of carbonyl (C=O) groups excluding carboxylic acids is 1. The minimum Gasteiger partial charge on any atom is -0.384 e. The van der Waals surface area contributed by atoms with Gasteiger partial charge in [0.05, 0.1) is 17.6 Å². The number of hydrogen-bond donors (Lipinski definition) is 2. The SMILES string of the molecule is N#CC1=C(N)N(c2ncn[nH]2)C2=C(C(=O)CCC2)[C@@H]1c1cccc(Cl)c1. The summed E-state index contributed by atoms with van der Waals surface area (Å²) in [6.07, 6.45) is 3.19. The number of H-pyrrole nitrogens is 1. The highest BCUT2D eigenvalue weighted by atomic mass is 35.5. The second-order valence-electron chi connectivity index (χ2n) is 6.18. The Hall–Kier alpha value is -3.11. The highest BCUT2D eigenvalue weighted by Gasteiger charge is 2.41. The summed E-state index contributed by atoms with van der Waals surface area (Å²) < 4.78 is 0. The van der Waals surface area contributed by atoms with Crippen LogP contribution in [-0.4, -0.2) is 21.0 Å². The molecule has 0 saturated carbocycles. The number of nitrogens with two attached hydrogens (primary N) is 1. The number of aromatic nitrogens is 3. The molecule has 8 heteroatoms. The Morgan fingerprint density at radius 1 is 1.38 bits per heavy atom. The Balaban J connectivity index is 1.98. The predicted octanol–water partition coefficient (Wildman–Crippen LogP) is 2.76. The Labute approximate surface area is 154 Å². The minimum atomic E-state index is -0.527. The molecule has 2 heterocycles. The summed E-state index contributed by atoms with van der Waals surface area (Å²) in [5.74, 6) is 0.131. The van der Waals surface area contributed by atoms with Crippen molar-refractivity contribution in [1.29, 1.82) is 5.26 Å². The molecule has 1 atom stereocenters. The van der Waals surface area contributed by atoms with E-state index in [-0.39, 0.29) is 11.6 Å². The molecule has 0 amide bonds. The largest absolute Gasteiger partial charge is 0.384 e. The van der Waals surface area contributed by atoms with Crippen molar-refractivity contribution in [2.24, 2.45) is 5.73 Å². The van der Waals surface area contributed by atoms with Gasteiger partial charge in [-0.15, -0.1) is 0 Å². The average molecular weight is 367 g/mol. The lowest BCUT2D eigenvalue weighted by atomic mass is 9.76. The summed E-state index contributed by atoms with van der Waals surface area (Å²) in [6, 6.07) is 9.38. The van der Waals surface area contributed by atoms with E-state index in [1.54, 1.807) is 23.1 Å². The summed E-state index contributed by atoms with van der Waals surface area (Å²) in [6.45, 7) is 0. The second-order valence-corrected chi connectivity index (χ2v) is 6.62. The van der Waals surface area contributed by atoms with Gasteiger partial charge in [-0.1, -0.05) is 23.7 Å². The number of allylic oxidation sites excluding steroid dienone is 3. The number of hydrogen-bond acceptors (Lipinski definition) is 6. The first-order valence-electron chi connectivity index (χ1n) is 8.18. The van der Waals surface area contributed by atoms with Crippen LogP contribution in [0.25, 0.3) is 0 Å². The van der Waals surface area contributed by atoms with Crippen molar-refractivity contribution < 1.29 is 4.79 Å². The van der Waals surface area contributed by atoms with Crippen molar-refractivity contribution in [3.63, 3.8) is 0 Å². The van der Waals surface area contributed by atoms with E-state index < -0.39 is 5.92 Å². The lowest BCUT2D eigenvalue weighted by molar-refractivity contribution is -0.116. The van der Waals surface area contributed by atoms with Gasteiger partial charge in [-0.2, -0.15) is 15.3 Å². The number of Topliss-reactive ketones (excluding diaryl/α,β-unsaturated/α-hetero) is 1. The first-order chi connectivity index (χ1) is 12.6. The maximum absolute atomic E-state index is 12.8. The molecule has 4 rings (SSSR count). The van der Waals surface area contributed by atoms with Gasteiger partial charge in [0.25, 0.3) is 0 Å². The van der Waals surface area contributed by atoms with Gasteiger partial charge in [-0.05, 0) is 30.5 Å². The van der Waals surface area contributed by atoms with E-state index in [2.05, 4.69) is 21.3 Å². The number of nitriles is 1. The Morgan fingerprint density at radius 2 is 2.23 bits per heavy atom. The van der Waals surface area contributed by atoms with E-state index in [9.17, 15) is 10.1 Å². The molecule has 7 nitrogen and oxygen atoms in total. The molecule has 0 radical (unpaired) electrons. The molecule has 0 fully saturated rings. The van der Waals surface area contributed by atoms with Crippen LogP contribution in [0.15, 0.2) is 53.3 Å². The van der Waals surface area contributed by atoms with E-state index in [1.807, 2.05) is 6.07 Å². The molecule has 0 unspecified atom stereocenters. The third-order valence-corrected chi connectivity index (χ3v) is 4.94. The Bertz CT molecular complexity index is 985. The topological polar surface area (TPSA) is 112 Å². The Kier molecular flexibility index (Phi) is 3.98. The number of aromatic amines is 1. The van der Waals surface area contributed by atoms with Gasteiger partial charge >= 0.3 is 0 Å². The fraction of sp³-hybridized carbons (Fsp3) is 0.222. The van der Waals surface area contributed by atoms with Gasteiger partial charge in [-0.25, -0.2) is 5.10 Å². The maximum atomic E-state index is 12.8. The fourth-order valence-electron chi connectivity index (χ4n) is 3.65. The van der Waals surface area contributed by atoms with Crippen LogP contribution >= 0.6 is 11.6 Å². The summed E-state index contributed by atoms with van der Waals surface area (Å²) in [4.78, 5) is 18.6. The van der Waals surface area contributed by atoms with E-state index in [1.165, 1.54) is 6.33 Å². The number of anilines is 1. The number of benzene rings is 1. The molecule has 1 aromatic carbocycles. The minimum absolute atomic E-state index is 0.0148. The van der Waals surface area contributed by atoms with Crippen LogP contribution in [0.3, 0.4) is 0 Å². The van der Waals surface area contributed by atoms with E-state index in [0.29, 0.717) is 35.0 Å². The van der Waals surface area contributed by atoms with Crippen LogP contribution < -0.4 is 10.6 Å². The number of rotatable bonds is 2. The molecule has 1 aliphatic heterocycles. The molecule has 1 aromatic heterocycles. The number of ketones is 1. The molecule has 2 aliphatic rings. The highest BCUT2D eigenvalue weighted by molar-refractivity contribution is 6.30. The van der Waals surface area contributed by atoms with Crippen LogP contribution in [0.1, 0.15) is 30.7 Å². The normalized spacial score (nSPS) is 20.2. The molecule has 3 N–H and O–H groups in total. The molecule has 0 bridgehead atoms. The monoisotopic (exact) mass is 366 g/mol. The van der Waals surface area contributed by atoms with Crippen molar-refractivity contribution in [2.75, 3.05) is 4.90 Å². The molecule has 26 heavy (non-hydrogen) atoms. The number of nitrogens with one attached hydrogen (secondary N) is 1. The zero-order valence-corrected chi connectivity index (χ0v) is 14.5. The standard InChI is InChI=1S/C18H15ClN6O/c19-11-4-1-3-10(7-11)15-12(8-20)17(21)25(18-22-9-23-24-18)13-5-2-6-14(26)16(13)15/h1,3-4,7,9,15H,2,5-6,21H2,(H,22,23,24)/t15-/m1/s1. The van der Waals surface area contributed by atoms with Crippen molar-refractivity contribution in [3.8, 4) is 6.07 Å². The zero-order valence-electron chi connectivity index (χ0n) is 13.7. The van der Waals surface area contributed by atoms with Crippen LogP contribution in [0.5, 0.6) is 0 Å². The number of carbonyl (C=O) groups is 1. The van der Waals surface area contributed by atoms with Crippen molar-refractivity contribution in [1.82, 2.24) is 15.2 Å². The van der Waals surface area contributed by atoms with Crippen LogP contribution in [0.2, 0.25) is 5.02 Å². The highest BCUT2D eigenvalue weighted by Crippen LogP contribution is 2.45. The predicted molar refractivity (Wildman–Crippen MR) is 95.8 cm³/mol. The van der Waals surface area contributed by atoms with Gasteiger partial charge in [0, 0.05) is 22.7 Å². The first-order valence-corrected chi connectivity index (χ1v) is 8.56. The fourth-order valence-corrected chi connectivity index (χ4v) is 3.85. The first kappa shape index (κ1) is 16.4. The van der Waals surface area contributed by atoms with Gasteiger partial charge in [0.2, 0.25) is 5.95 Å². The molecule has 2 aromatic rings. The lowest BCUT2D eigenvalue weighted by Gasteiger charge is -2.38. The van der Waals surface area contributed by atoms with E-state index in [4.69, 9.17) is 17.3 Å². The lowest BCUT2D eigenvalue weighted by Crippen LogP contribution is -2.39.